The van der Waals surface area contributed by atoms with Crippen molar-refractivity contribution in [2.75, 3.05) is 0 Å². The Morgan fingerprint density at radius 2 is 1.52 bits per heavy atom. The van der Waals surface area contributed by atoms with Gasteiger partial charge < -0.3 is 20.4 Å². The number of hydrogen-bond acceptors (Lipinski definition) is 6. The zero-order valence-corrected chi connectivity index (χ0v) is 10.7. The summed E-state index contributed by atoms with van der Waals surface area (Å²) < 4.78 is 0. The molecule has 0 spiro atoms. The van der Waals surface area contributed by atoms with Gasteiger partial charge >= 0.3 is 0 Å². The number of carbonyl (C=O) groups is 1. The van der Waals surface area contributed by atoms with E-state index in [-0.39, 0.29) is 34.1 Å². The summed E-state index contributed by atoms with van der Waals surface area (Å²) in [5.41, 5.74) is 2.44. The van der Waals surface area contributed by atoms with Crippen molar-refractivity contribution in [1.29, 1.82) is 0 Å². The summed E-state index contributed by atoms with van der Waals surface area (Å²) in [6.45, 7) is 0. The summed E-state index contributed by atoms with van der Waals surface area (Å²) >= 11 is 0. The number of phenolic OH excluding ortho intramolecular Hbond substituents is 4. The molecule has 0 radical (unpaired) electrons. The normalized spacial score (nSPS) is 10.7. The predicted octanol–water partition coefficient (Wildman–Crippen LogP) is 1.27. The Morgan fingerprint density at radius 3 is 2.10 bits per heavy atom. The highest BCUT2D eigenvalue weighted by Gasteiger charge is 2.08. The molecule has 0 aromatic heterocycles. The fourth-order valence-corrected chi connectivity index (χ4v) is 1.57. The number of aromatic hydroxyl groups is 4. The van der Waals surface area contributed by atoms with Crippen molar-refractivity contribution in [1.82, 2.24) is 5.43 Å². The van der Waals surface area contributed by atoms with E-state index < -0.39 is 5.91 Å². The molecule has 0 atom stereocenters. The van der Waals surface area contributed by atoms with E-state index in [2.05, 4.69) is 10.5 Å². The number of nitrogens with one attached hydrogen (secondary N) is 1. The van der Waals surface area contributed by atoms with Crippen molar-refractivity contribution in [3.63, 3.8) is 0 Å². The molecular weight excluding hydrogens is 276 g/mol. The van der Waals surface area contributed by atoms with Crippen LogP contribution in [0.2, 0.25) is 0 Å². The number of nitrogens with zero attached hydrogens (tertiary/aromatic N) is 1. The molecule has 0 aliphatic carbocycles. The Hall–Kier alpha value is -3.22. The van der Waals surface area contributed by atoms with Gasteiger partial charge in [-0.1, -0.05) is 0 Å². The summed E-state index contributed by atoms with van der Waals surface area (Å²) in [6, 6.07) is 7.60. The molecule has 7 nitrogen and oxygen atoms in total. The third-order valence-corrected chi connectivity index (χ3v) is 2.61. The second-order valence-electron chi connectivity index (χ2n) is 4.14. The highest BCUT2D eigenvalue weighted by molar-refractivity contribution is 5.95. The number of hydrogen-bond donors (Lipinski definition) is 5. The van der Waals surface area contributed by atoms with Gasteiger partial charge in [-0.25, -0.2) is 5.43 Å². The van der Waals surface area contributed by atoms with Crippen LogP contribution in [0.25, 0.3) is 0 Å². The van der Waals surface area contributed by atoms with Crippen LogP contribution in [0.1, 0.15) is 15.9 Å². The summed E-state index contributed by atoms with van der Waals surface area (Å²) in [5, 5.41) is 40.9. The minimum absolute atomic E-state index is 0.0361. The van der Waals surface area contributed by atoms with Gasteiger partial charge in [0.2, 0.25) is 0 Å². The maximum atomic E-state index is 11.7. The van der Waals surface area contributed by atoms with Gasteiger partial charge in [0.05, 0.1) is 11.8 Å². The number of hydrazone groups is 1. The maximum absolute atomic E-state index is 11.7. The molecule has 0 saturated carbocycles. The lowest BCUT2D eigenvalue weighted by atomic mass is 10.2. The smallest absolute Gasteiger partial charge is 0.271 e. The van der Waals surface area contributed by atoms with Crippen LogP contribution in [0.15, 0.2) is 41.5 Å². The van der Waals surface area contributed by atoms with Crippen molar-refractivity contribution in [2.24, 2.45) is 5.10 Å². The molecule has 0 fully saturated rings. The standard InChI is InChI=1S/C14H12N2O5/c17-9-3-1-8(2-4-9)14(21)16-15-7-11-12(19)5-10(18)6-13(11)20/h1-7,17-20H,(H,16,21). The van der Waals surface area contributed by atoms with Gasteiger partial charge in [0.25, 0.3) is 5.91 Å². The zero-order chi connectivity index (χ0) is 15.4. The van der Waals surface area contributed by atoms with Crippen LogP contribution < -0.4 is 5.43 Å². The average Bonchev–Trinajstić information content (AvgIpc) is 2.42. The summed E-state index contributed by atoms with van der Waals surface area (Å²) in [7, 11) is 0. The van der Waals surface area contributed by atoms with Gasteiger partial charge in [0, 0.05) is 17.7 Å². The molecule has 2 aromatic carbocycles. The van der Waals surface area contributed by atoms with Crippen LogP contribution in [0.5, 0.6) is 23.0 Å². The van der Waals surface area contributed by atoms with Crippen LogP contribution in [-0.4, -0.2) is 32.5 Å². The maximum Gasteiger partial charge on any atom is 0.271 e. The molecule has 0 unspecified atom stereocenters. The van der Waals surface area contributed by atoms with Gasteiger partial charge in [-0.3, -0.25) is 4.79 Å². The molecule has 5 N–H and O–H groups in total. The second-order valence-corrected chi connectivity index (χ2v) is 4.14. The molecule has 0 heterocycles. The lowest BCUT2D eigenvalue weighted by Crippen LogP contribution is -2.17. The topological polar surface area (TPSA) is 122 Å². The van der Waals surface area contributed by atoms with Crippen molar-refractivity contribution in [3.8, 4) is 23.0 Å². The molecule has 1 amide bonds. The summed E-state index contributed by atoms with van der Waals surface area (Å²) in [4.78, 5) is 11.7. The number of rotatable bonds is 3. The Bertz CT molecular complexity index is 672. The minimum Gasteiger partial charge on any atom is -0.508 e. The fourth-order valence-electron chi connectivity index (χ4n) is 1.57. The molecule has 0 bridgehead atoms. The first-order chi connectivity index (χ1) is 9.97. The van der Waals surface area contributed by atoms with E-state index in [1.807, 2.05) is 0 Å². The first-order valence-electron chi connectivity index (χ1n) is 5.85. The second kappa shape index (κ2) is 5.83. The zero-order valence-electron chi connectivity index (χ0n) is 10.7. The van der Waals surface area contributed by atoms with E-state index in [0.29, 0.717) is 0 Å². The van der Waals surface area contributed by atoms with Crippen molar-refractivity contribution < 1.29 is 25.2 Å². The average molecular weight is 288 g/mol. The van der Waals surface area contributed by atoms with Gasteiger partial charge in [0.15, 0.2) is 0 Å². The first-order valence-corrected chi connectivity index (χ1v) is 5.85. The SMILES string of the molecule is O=C(NN=Cc1c(O)cc(O)cc1O)c1ccc(O)cc1. The number of benzene rings is 2. The number of phenols is 4. The van der Waals surface area contributed by atoms with Crippen molar-refractivity contribution >= 4 is 12.1 Å². The van der Waals surface area contributed by atoms with Gasteiger partial charge in [-0.15, -0.1) is 0 Å². The molecule has 108 valence electrons. The Balaban J connectivity index is 2.09. The Morgan fingerprint density at radius 1 is 0.952 bits per heavy atom. The molecule has 2 rings (SSSR count). The molecule has 0 saturated heterocycles. The third kappa shape index (κ3) is 3.41. The van der Waals surface area contributed by atoms with E-state index in [9.17, 15) is 15.0 Å². The van der Waals surface area contributed by atoms with Gasteiger partial charge in [-0.2, -0.15) is 5.10 Å². The monoisotopic (exact) mass is 288 g/mol. The Labute approximate surface area is 119 Å². The molecular formula is C14H12N2O5. The minimum atomic E-state index is -0.524. The van der Waals surface area contributed by atoms with Crippen LogP contribution in [0, 0.1) is 0 Å². The number of amides is 1. The largest absolute Gasteiger partial charge is 0.508 e. The van der Waals surface area contributed by atoms with Gasteiger partial charge in [-0.05, 0) is 24.3 Å². The highest BCUT2D eigenvalue weighted by Crippen LogP contribution is 2.30. The molecule has 2 aromatic rings. The highest BCUT2D eigenvalue weighted by atomic mass is 16.3. The van der Waals surface area contributed by atoms with E-state index in [1.54, 1.807) is 0 Å². The molecule has 21 heavy (non-hydrogen) atoms. The van der Waals surface area contributed by atoms with Crippen LogP contribution in [0.3, 0.4) is 0 Å². The van der Waals surface area contributed by atoms with E-state index in [4.69, 9.17) is 10.2 Å². The quantitative estimate of drug-likeness (QED) is 0.430. The fraction of sp³-hybridized carbons (Fsp3) is 0. The van der Waals surface area contributed by atoms with E-state index in [0.717, 1.165) is 18.3 Å². The lowest BCUT2D eigenvalue weighted by Gasteiger charge is -2.03. The molecule has 0 aliphatic rings. The van der Waals surface area contributed by atoms with Gasteiger partial charge in [0.1, 0.15) is 23.0 Å². The Kier molecular flexibility index (Phi) is 3.94. The van der Waals surface area contributed by atoms with Crippen LogP contribution >= 0.6 is 0 Å². The third-order valence-electron chi connectivity index (χ3n) is 2.61. The van der Waals surface area contributed by atoms with E-state index in [1.165, 1.54) is 24.3 Å². The first kappa shape index (κ1) is 14.2. The molecule has 7 heteroatoms. The van der Waals surface area contributed by atoms with Crippen LogP contribution in [-0.2, 0) is 0 Å². The number of carbonyl (C=O) groups excluding carboxylic acids is 1. The van der Waals surface area contributed by atoms with Crippen LogP contribution in [0.4, 0.5) is 0 Å². The summed E-state index contributed by atoms with van der Waals surface area (Å²) in [5.74, 6) is -1.54. The van der Waals surface area contributed by atoms with Crippen molar-refractivity contribution in [2.45, 2.75) is 0 Å². The molecule has 0 aliphatic heterocycles. The van der Waals surface area contributed by atoms with E-state index >= 15 is 0 Å². The lowest BCUT2D eigenvalue weighted by molar-refractivity contribution is 0.0955. The predicted molar refractivity (Wildman–Crippen MR) is 74.6 cm³/mol. The van der Waals surface area contributed by atoms with Crippen molar-refractivity contribution in [3.05, 3.63) is 47.5 Å². The summed E-state index contributed by atoms with van der Waals surface area (Å²) in [6.07, 6.45) is 1.04.